The second-order valence-corrected chi connectivity index (χ2v) is 7.83. The molecule has 0 atom stereocenters. The van der Waals surface area contributed by atoms with Crippen molar-refractivity contribution in [3.63, 3.8) is 0 Å². The maximum atomic E-state index is 13.3. The number of rotatable bonds is 8. The lowest BCUT2D eigenvalue weighted by molar-refractivity contribution is 0.178. The highest BCUT2D eigenvalue weighted by atomic mass is 127. The van der Waals surface area contributed by atoms with Gasteiger partial charge in [-0.3, -0.25) is 9.89 Å². The van der Waals surface area contributed by atoms with Crippen LogP contribution >= 0.6 is 24.0 Å². The van der Waals surface area contributed by atoms with Crippen molar-refractivity contribution in [2.75, 3.05) is 40.3 Å². The van der Waals surface area contributed by atoms with Crippen molar-refractivity contribution in [1.29, 1.82) is 0 Å². The van der Waals surface area contributed by atoms with Gasteiger partial charge in [0.05, 0.1) is 7.11 Å². The van der Waals surface area contributed by atoms with Crippen molar-refractivity contribution in [3.8, 4) is 5.75 Å². The molecule has 1 fully saturated rings. The number of nitrogens with zero attached hydrogens (tertiary/aromatic N) is 2. The van der Waals surface area contributed by atoms with Gasteiger partial charge in [0.25, 0.3) is 0 Å². The standard InChI is InChI=1S/C24H33FN4O.HI/c1-26-24(27-13-10-19-4-3-5-22(25)16-19)28-17-20-11-14-29(15-12-20)18-21-6-8-23(30-2)9-7-21;/h3-9,16,20H,10-15,17-18H2,1-2H3,(H2,26,27,28);1H. The quantitative estimate of drug-likeness (QED) is 0.301. The zero-order valence-electron chi connectivity index (χ0n) is 18.4. The molecular weight excluding hydrogens is 506 g/mol. The van der Waals surface area contributed by atoms with E-state index in [9.17, 15) is 4.39 Å². The summed E-state index contributed by atoms with van der Waals surface area (Å²) in [6.07, 6.45) is 3.13. The van der Waals surface area contributed by atoms with Crippen LogP contribution in [0, 0.1) is 11.7 Å². The molecule has 2 aromatic rings. The Labute approximate surface area is 202 Å². The molecule has 0 aliphatic carbocycles. The molecule has 0 radical (unpaired) electrons. The largest absolute Gasteiger partial charge is 0.497 e. The average molecular weight is 540 g/mol. The molecular formula is C24H34FIN4O. The Hall–Kier alpha value is -1.87. The van der Waals surface area contributed by atoms with Crippen LogP contribution in [-0.4, -0.2) is 51.2 Å². The van der Waals surface area contributed by atoms with E-state index in [1.54, 1.807) is 26.3 Å². The number of ether oxygens (including phenoxy) is 1. The molecule has 170 valence electrons. The number of guanidine groups is 1. The van der Waals surface area contributed by atoms with Crippen LogP contribution in [0.3, 0.4) is 0 Å². The minimum absolute atomic E-state index is 0. The van der Waals surface area contributed by atoms with Gasteiger partial charge in [-0.05, 0) is 73.7 Å². The molecule has 1 aliphatic rings. The van der Waals surface area contributed by atoms with Gasteiger partial charge >= 0.3 is 0 Å². The van der Waals surface area contributed by atoms with Gasteiger partial charge in [0.1, 0.15) is 11.6 Å². The van der Waals surface area contributed by atoms with E-state index >= 15 is 0 Å². The molecule has 0 unspecified atom stereocenters. The van der Waals surface area contributed by atoms with Crippen LogP contribution < -0.4 is 15.4 Å². The van der Waals surface area contributed by atoms with Crippen LogP contribution in [0.4, 0.5) is 4.39 Å². The normalized spacial score (nSPS) is 15.3. The second kappa shape index (κ2) is 13.5. The number of aliphatic imine (C=N–C) groups is 1. The molecule has 2 aromatic carbocycles. The molecule has 2 N–H and O–H groups in total. The Bertz CT molecular complexity index is 807. The third-order valence-corrected chi connectivity index (χ3v) is 5.65. The molecule has 0 bridgehead atoms. The van der Waals surface area contributed by atoms with Crippen molar-refractivity contribution >= 4 is 29.9 Å². The van der Waals surface area contributed by atoms with Gasteiger partial charge in [0.2, 0.25) is 0 Å². The van der Waals surface area contributed by atoms with E-state index in [1.807, 2.05) is 18.2 Å². The van der Waals surface area contributed by atoms with Gasteiger partial charge in [-0.15, -0.1) is 24.0 Å². The van der Waals surface area contributed by atoms with Gasteiger partial charge in [0.15, 0.2) is 5.96 Å². The summed E-state index contributed by atoms with van der Waals surface area (Å²) >= 11 is 0. The maximum absolute atomic E-state index is 13.3. The molecule has 0 spiro atoms. The molecule has 0 saturated carbocycles. The minimum atomic E-state index is -0.187. The smallest absolute Gasteiger partial charge is 0.190 e. The number of likely N-dealkylation sites (tertiary alicyclic amines) is 1. The summed E-state index contributed by atoms with van der Waals surface area (Å²) in [5.41, 5.74) is 2.32. The van der Waals surface area contributed by atoms with Crippen LogP contribution in [0.5, 0.6) is 5.75 Å². The van der Waals surface area contributed by atoms with Gasteiger partial charge < -0.3 is 15.4 Å². The predicted octanol–water partition coefficient (Wildman–Crippen LogP) is 4.07. The molecule has 31 heavy (non-hydrogen) atoms. The van der Waals surface area contributed by atoms with Gasteiger partial charge in [-0.2, -0.15) is 0 Å². The number of benzene rings is 2. The number of hydrogen-bond donors (Lipinski definition) is 2. The molecule has 0 amide bonds. The number of nitrogens with one attached hydrogen (secondary N) is 2. The highest BCUT2D eigenvalue weighted by Gasteiger charge is 2.19. The van der Waals surface area contributed by atoms with Crippen molar-refractivity contribution in [2.45, 2.75) is 25.8 Å². The summed E-state index contributed by atoms with van der Waals surface area (Å²) in [5.74, 6) is 2.18. The fraction of sp³-hybridized carbons (Fsp3) is 0.458. The van der Waals surface area contributed by atoms with Crippen molar-refractivity contribution in [1.82, 2.24) is 15.5 Å². The number of hydrogen-bond acceptors (Lipinski definition) is 3. The van der Waals surface area contributed by atoms with E-state index in [0.717, 1.165) is 56.4 Å². The monoisotopic (exact) mass is 540 g/mol. The number of piperidine rings is 1. The first-order chi connectivity index (χ1) is 14.7. The first-order valence-corrected chi connectivity index (χ1v) is 10.7. The average Bonchev–Trinajstić information content (AvgIpc) is 2.78. The molecule has 0 aromatic heterocycles. The molecule has 1 heterocycles. The minimum Gasteiger partial charge on any atom is -0.497 e. The summed E-state index contributed by atoms with van der Waals surface area (Å²) < 4.78 is 18.5. The summed E-state index contributed by atoms with van der Waals surface area (Å²) in [4.78, 5) is 6.82. The zero-order valence-corrected chi connectivity index (χ0v) is 20.8. The first-order valence-electron chi connectivity index (χ1n) is 10.7. The number of methoxy groups -OCH3 is 1. The fourth-order valence-electron chi connectivity index (χ4n) is 3.82. The topological polar surface area (TPSA) is 48.9 Å². The Kier molecular flexibility index (Phi) is 11.1. The van der Waals surface area contributed by atoms with Crippen LogP contribution in [-0.2, 0) is 13.0 Å². The van der Waals surface area contributed by atoms with E-state index in [0.29, 0.717) is 5.92 Å². The van der Waals surface area contributed by atoms with Crippen LogP contribution in [0.25, 0.3) is 0 Å². The van der Waals surface area contributed by atoms with E-state index in [-0.39, 0.29) is 29.8 Å². The van der Waals surface area contributed by atoms with Gasteiger partial charge in [-0.25, -0.2) is 4.39 Å². The molecule has 3 rings (SSSR count). The summed E-state index contributed by atoms with van der Waals surface area (Å²) in [7, 11) is 3.48. The first kappa shape index (κ1) is 25.4. The van der Waals surface area contributed by atoms with E-state index in [4.69, 9.17) is 4.74 Å². The highest BCUT2D eigenvalue weighted by molar-refractivity contribution is 14.0. The molecule has 7 heteroatoms. The summed E-state index contributed by atoms with van der Waals surface area (Å²) in [6, 6.07) is 15.1. The fourth-order valence-corrected chi connectivity index (χ4v) is 3.82. The lowest BCUT2D eigenvalue weighted by atomic mass is 9.96. The lowest BCUT2D eigenvalue weighted by Crippen LogP contribution is -2.43. The van der Waals surface area contributed by atoms with E-state index < -0.39 is 0 Å². The maximum Gasteiger partial charge on any atom is 0.190 e. The number of halogens is 2. The SMILES string of the molecule is CN=C(NCCc1cccc(F)c1)NCC1CCN(Cc2ccc(OC)cc2)CC1.I. The van der Waals surface area contributed by atoms with E-state index in [1.165, 1.54) is 24.5 Å². The Morgan fingerprint density at radius 1 is 1.10 bits per heavy atom. The van der Waals surface area contributed by atoms with Crippen molar-refractivity contribution in [2.24, 2.45) is 10.9 Å². The van der Waals surface area contributed by atoms with Crippen LogP contribution in [0.2, 0.25) is 0 Å². The Morgan fingerprint density at radius 3 is 2.48 bits per heavy atom. The Balaban J connectivity index is 0.00000341. The highest BCUT2D eigenvalue weighted by Crippen LogP contribution is 2.19. The third kappa shape index (κ3) is 8.65. The van der Waals surface area contributed by atoms with E-state index in [2.05, 4.69) is 32.7 Å². The van der Waals surface area contributed by atoms with Crippen molar-refractivity contribution < 1.29 is 9.13 Å². The van der Waals surface area contributed by atoms with Crippen LogP contribution in [0.15, 0.2) is 53.5 Å². The molecule has 1 aliphatic heterocycles. The molecule has 1 saturated heterocycles. The zero-order chi connectivity index (χ0) is 21.2. The Morgan fingerprint density at radius 2 is 1.84 bits per heavy atom. The predicted molar refractivity (Wildman–Crippen MR) is 136 cm³/mol. The molecule has 5 nitrogen and oxygen atoms in total. The van der Waals surface area contributed by atoms with Crippen molar-refractivity contribution in [3.05, 3.63) is 65.5 Å². The summed E-state index contributed by atoms with van der Waals surface area (Å²) in [6.45, 7) is 4.88. The third-order valence-electron chi connectivity index (χ3n) is 5.65. The van der Waals surface area contributed by atoms with Gasteiger partial charge in [-0.1, -0.05) is 24.3 Å². The summed E-state index contributed by atoms with van der Waals surface area (Å²) in [5, 5.41) is 6.77. The lowest BCUT2D eigenvalue weighted by Gasteiger charge is -2.32. The van der Waals surface area contributed by atoms with Gasteiger partial charge in [0, 0.05) is 26.7 Å². The second-order valence-electron chi connectivity index (χ2n) is 7.83. The van der Waals surface area contributed by atoms with Crippen LogP contribution in [0.1, 0.15) is 24.0 Å².